The van der Waals surface area contributed by atoms with Gasteiger partial charge < -0.3 is 18.9 Å². The Morgan fingerprint density at radius 1 is 0.966 bits per heavy atom. The molecule has 1 aromatic carbocycles. The Morgan fingerprint density at radius 2 is 1.59 bits per heavy atom. The van der Waals surface area contributed by atoms with Gasteiger partial charge in [0.25, 0.3) is 0 Å². The normalized spacial score (nSPS) is 22.1. The van der Waals surface area contributed by atoms with Crippen LogP contribution in [0, 0.1) is 11.8 Å². The lowest BCUT2D eigenvalue weighted by atomic mass is 9.68. The van der Waals surface area contributed by atoms with Crippen LogP contribution in [0.5, 0.6) is 11.5 Å². The van der Waals surface area contributed by atoms with E-state index in [1.807, 2.05) is 19.1 Å². The molecule has 0 saturated carbocycles. The summed E-state index contributed by atoms with van der Waals surface area (Å²) in [7, 11) is 0. The Kier molecular flexibility index (Phi) is 7.40. The fraction of sp³-hybridized carbons (Fsp3) is 0.652. The molecule has 0 saturated heterocycles. The highest BCUT2D eigenvalue weighted by atomic mass is 16.7. The molecule has 0 amide bonds. The van der Waals surface area contributed by atoms with E-state index < -0.39 is 11.8 Å². The summed E-state index contributed by atoms with van der Waals surface area (Å²) in [6, 6.07) is 3.80. The van der Waals surface area contributed by atoms with Crippen LogP contribution in [0.15, 0.2) is 12.1 Å². The third kappa shape index (κ3) is 4.68. The SMILES string of the molecule is CCCCOC(=O)C1c2cc3c(cc2CC(CC)C1C(=O)OCCCC)OCO3. The Balaban J connectivity index is 1.95. The minimum atomic E-state index is -0.677. The number of hydrogen-bond donors (Lipinski definition) is 0. The van der Waals surface area contributed by atoms with E-state index >= 15 is 0 Å². The summed E-state index contributed by atoms with van der Waals surface area (Å²) in [6.07, 6.45) is 4.98. The monoisotopic (exact) mass is 404 g/mol. The van der Waals surface area contributed by atoms with Crippen molar-refractivity contribution in [2.45, 2.75) is 65.2 Å². The minimum Gasteiger partial charge on any atom is -0.465 e. The van der Waals surface area contributed by atoms with E-state index in [0.29, 0.717) is 31.1 Å². The highest BCUT2D eigenvalue weighted by Crippen LogP contribution is 2.47. The molecule has 3 atom stereocenters. The van der Waals surface area contributed by atoms with Crippen molar-refractivity contribution in [3.63, 3.8) is 0 Å². The van der Waals surface area contributed by atoms with Gasteiger partial charge in [0.15, 0.2) is 11.5 Å². The first-order valence-electron chi connectivity index (χ1n) is 10.9. The van der Waals surface area contributed by atoms with Gasteiger partial charge in [-0.3, -0.25) is 9.59 Å². The molecule has 6 nitrogen and oxygen atoms in total. The van der Waals surface area contributed by atoms with Crippen LogP contribution >= 0.6 is 0 Å². The second-order valence-electron chi connectivity index (χ2n) is 7.82. The molecule has 6 heteroatoms. The third-order valence-corrected chi connectivity index (χ3v) is 5.85. The predicted octanol–water partition coefficient (Wildman–Crippen LogP) is 4.38. The predicted molar refractivity (Wildman–Crippen MR) is 108 cm³/mol. The highest BCUT2D eigenvalue weighted by Gasteiger charge is 2.46. The summed E-state index contributed by atoms with van der Waals surface area (Å²) in [5.41, 5.74) is 1.83. The molecular weight excluding hydrogens is 372 g/mol. The minimum absolute atomic E-state index is 0.0146. The summed E-state index contributed by atoms with van der Waals surface area (Å²) < 4.78 is 22.2. The maximum absolute atomic E-state index is 13.1. The van der Waals surface area contributed by atoms with E-state index in [2.05, 4.69) is 13.8 Å². The number of hydrogen-bond acceptors (Lipinski definition) is 6. The van der Waals surface area contributed by atoms with Gasteiger partial charge in [-0.25, -0.2) is 0 Å². The largest absolute Gasteiger partial charge is 0.465 e. The van der Waals surface area contributed by atoms with Crippen molar-refractivity contribution < 1.29 is 28.5 Å². The number of carbonyl (C=O) groups is 2. The zero-order valence-corrected chi connectivity index (χ0v) is 17.7. The van der Waals surface area contributed by atoms with Crippen LogP contribution in [0.4, 0.5) is 0 Å². The number of fused-ring (bicyclic) bond motifs is 2. The Morgan fingerprint density at radius 3 is 2.21 bits per heavy atom. The van der Waals surface area contributed by atoms with E-state index in [1.165, 1.54) is 0 Å². The molecule has 160 valence electrons. The molecule has 1 aliphatic heterocycles. The first-order chi connectivity index (χ1) is 14.1. The summed E-state index contributed by atoms with van der Waals surface area (Å²) in [6.45, 7) is 7.06. The van der Waals surface area contributed by atoms with Gasteiger partial charge in [-0.2, -0.15) is 0 Å². The molecular formula is C23H32O6. The van der Waals surface area contributed by atoms with Crippen molar-refractivity contribution in [3.8, 4) is 11.5 Å². The van der Waals surface area contributed by atoms with Crippen molar-refractivity contribution in [2.75, 3.05) is 20.0 Å². The molecule has 29 heavy (non-hydrogen) atoms. The Labute approximate surface area is 172 Å². The van der Waals surface area contributed by atoms with Crippen LogP contribution in [0.25, 0.3) is 0 Å². The molecule has 2 aliphatic rings. The van der Waals surface area contributed by atoms with E-state index in [4.69, 9.17) is 18.9 Å². The first-order valence-corrected chi connectivity index (χ1v) is 10.9. The highest BCUT2D eigenvalue weighted by molar-refractivity contribution is 5.88. The van der Waals surface area contributed by atoms with Gasteiger partial charge in [0, 0.05) is 0 Å². The lowest BCUT2D eigenvalue weighted by Gasteiger charge is -2.36. The molecule has 0 spiro atoms. The number of ether oxygens (including phenoxy) is 4. The zero-order chi connectivity index (χ0) is 20.8. The average molecular weight is 405 g/mol. The van der Waals surface area contributed by atoms with E-state index in [0.717, 1.165) is 43.2 Å². The number of carbonyl (C=O) groups excluding carboxylic acids is 2. The number of benzene rings is 1. The fourth-order valence-corrected chi connectivity index (χ4v) is 4.16. The zero-order valence-electron chi connectivity index (χ0n) is 17.7. The second-order valence-corrected chi connectivity index (χ2v) is 7.82. The van der Waals surface area contributed by atoms with Gasteiger partial charge in [-0.1, -0.05) is 40.0 Å². The summed E-state index contributed by atoms with van der Waals surface area (Å²) in [5, 5.41) is 0. The quantitative estimate of drug-likeness (QED) is 0.449. The molecule has 1 aromatic rings. The smallest absolute Gasteiger partial charge is 0.314 e. The van der Waals surface area contributed by atoms with Gasteiger partial charge >= 0.3 is 11.9 Å². The molecule has 0 N–H and O–H groups in total. The first kappa shape index (κ1) is 21.5. The molecule has 3 unspecified atom stereocenters. The standard InChI is InChI=1S/C23H32O6/c1-4-7-9-26-22(24)20-15(6-3)11-16-12-18-19(29-14-28-18)13-17(16)21(20)23(25)27-10-8-5-2/h12-13,15,20-21H,4-11,14H2,1-3H3. The molecule has 0 bridgehead atoms. The van der Waals surface area contributed by atoms with Crippen molar-refractivity contribution in [3.05, 3.63) is 23.3 Å². The molecule has 1 aliphatic carbocycles. The van der Waals surface area contributed by atoms with Crippen molar-refractivity contribution in [1.82, 2.24) is 0 Å². The topological polar surface area (TPSA) is 71.1 Å². The van der Waals surface area contributed by atoms with Crippen LogP contribution in [-0.2, 0) is 25.5 Å². The van der Waals surface area contributed by atoms with Crippen molar-refractivity contribution >= 4 is 11.9 Å². The summed E-state index contributed by atoms with van der Waals surface area (Å²) in [5.74, 6) is -0.548. The van der Waals surface area contributed by atoms with E-state index in [1.54, 1.807) is 0 Å². The van der Waals surface area contributed by atoms with E-state index in [9.17, 15) is 9.59 Å². The van der Waals surface area contributed by atoms with Crippen LogP contribution in [0.1, 0.15) is 69.9 Å². The van der Waals surface area contributed by atoms with Crippen LogP contribution in [-0.4, -0.2) is 31.9 Å². The maximum atomic E-state index is 13.1. The second kappa shape index (κ2) is 9.99. The van der Waals surface area contributed by atoms with Gasteiger partial charge in [-0.15, -0.1) is 0 Å². The Hall–Kier alpha value is -2.24. The summed E-state index contributed by atoms with van der Waals surface area (Å²) in [4.78, 5) is 26.2. The van der Waals surface area contributed by atoms with Crippen LogP contribution < -0.4 is 9.47 Å². The Bertz CT molecular complexity index is 728. The lowest BCUT2D eigenvalue weighted by Crippen LogP contribution is -2.40. The average Bonchev–Trinajstić information content (AvgIpc) is 3.18. The van der Waals surface area contributed by atoms with E-state index in [-0.39, 0.29) is 24.6 Å². The van der Waals surface area contributed by atoms with Gasteiger partial charge in [-0.05, 0) is 48.4 Å². The molecule has 1 heterocycles. The molecule has 3 rings (SSSR count). The van der Waals surface area contributed by atoms with Crippen LogP contribution in [0.2, 0.25) is 0 Å². The number of esters is 2. The fourth-order valence-electron chi connectivity index (χ4n) is 4.16. The third-order valence-electron chi connectivity index (χ3n) is 5.85. The van der Waals surface area contributed by atoms with Gasteiger partial charge in [0.2, 0.25) is 6.79 Å². The lowest BCUT2D eigenvalue weighted by molar-refractivity contribution is -0.160. The maximum Gasteiger partial charge on any atom is 0.314 e. The molecule has 0 fully saturated rings. The number of rotatable bonds is 9. The summed E-state index contributed by atoms with van der Waals surface area (Å²) >= 11 is 0. The van der Waals surface area contributed by atoms with Gasteiger partial charge in [0.05, 0.1) is 25.0 Å². The molecule has 0 aromatic heterocycles. The van der Waals surface area contributed by atoms with Crippen LogP contribution in [0.3, 0.4) is 0 Å². The number of unbranched alkanes of at least 4 members (excludes halogenated alkanes) is 2. The van der Waals surface area contributed by atoms with Gasteiger partial charge in [0.1, 0.15) is 0 Å². The van der Waals surface area contributed by atoms with Crippen molar-refractivity contribution in [2.24, 2.45) is 11.8 Å². The molecule has 0 radical (unpaired) electrons. The van der Waals surface area contributed by atoms with Crippen molar-refractivity contribution in [1.29, 1.82) is 0 Å².